The normalized spacial score (nSPS) is 32.1. The molecule has 0 radical (unpaired) electrons. The molecule has 2 fully saturated rings. The fourth-order valence-electron chi connectivity index (χ4n) is 3.22. The minimum atomic E-state index is -0.968. The van der Waals surface area contributed by atoms with Crippen LogP contribution in [0.2, 0.25) is 0 Å². The van der Waals surface area contributed by atoms with Crippen LogP contribution in [0.1, 0.15) is 39.0 Å². The monoisotopic (exact) mass is 269 g/mol. The minimum absolute atomic E-state index is 0.0187. The summed E-state index contributed by atoms with van der Waals surface area (Å²) in [5.74, 6) is 0.125. The summed E-state index contributed by atoms with van der Waals surface area (Å²) in [6.45, 7) is 3.18. The van der Waals surface area contributed by atoms with Gasteiger partial charge in [-0.1, -0.05) is 19.8 Å². The fraction of sp³-hybridized carbons (Fsp3) is 0.857. The third kappa shape index (κ3) is 3.69. The molecule has 2 aliphatic rings. The third-order valence-corrected chi connectivity index (χ3v) is 4.24. The summed E-state index contributed by atoms with van der Waals surface area (Å²) < 4.78 is 5.16. The predicted molar refractivity (Wildman–Crippen MR) is 69.7 cm³/mol. The van der Waals surface area contributed by atoms with Crippen molar-refractivity contribution in [1.29, 1.82) is 0 Å². The molecular weight excluding hydrogens is 246 g/mol. The van der Waals surface area contributed by atoms with Gasteiger partial charge in [0.25, 0.3) is 0 Å². The van der Waals surface area contributed by atoms with Crippen molar-refractivity contribution in [2.24, 2.45) is 11.8 Å². The standard InChI is InChI=1S/C14H23NO4/c1-10-3-2-4-11(7-10)8-13(16)15-5-6-19-9-12(15)14(17)18/h10-12H,2-9H2,1H3,(H,17,18). The van der Waals surface area contributed by atoms with Crippen molar-refractivity contribution in [3.8, 4) is 0 Å². The lowest BCUT2D eigenvalue weighted by atomic mass is 9.80. The first-order valence-electron chi connectivity index (χ1n) is 7.18. The molecule has 1 aliphatic carbocycles. The van der Waals surface area contributed by atoms with Crippen LogP contribution in [0.25, 0.3) is 0 Å². The Morgan fingerprint density at radius 3 is 2.84 bits per heavy atom. The second-order valence-corrected chi connectivity index (χ2v) is 5.86. The summed E-state index contributed by atoms with van der Waals surface area (Å²) in [6, 6.07) is -0.803. The van der Waals surface area contributed by atoms with E-state index in [4.69, 9.17) is 9.84 Å². The van der Waals surface area contributed by atoms with Crippen LogP contribution in [0.5, 0.6) is 0 Å². The molecule has 108 valence electrons. The van der Waals surface area contributed by atoms with Gasteiger partial charge < -0.3 is 14.7 Å². The summed E-state index contributed by atoms with van der Waals surface area (Å²) in [5, 5.41) is 9.13. The summed E-state index contributed by atoms with van der Waals surface area (Å²) in [7, 11) is 0. The molecule has 2 rings (SSSR count). The molecule has 1 saturated heterocycles. The molecule has 1 aliphatic heterocycles. The number of rotatable bonds is 3. The summed E-state index contributed by atoms with van der Waals surface area (Å²) in [5.41, 5.74) is 0. The third-order valence-electron chi connectivity index (χ3n) is 4.24. The first-order chi connectivity index (χ1) is 9.08. The highest BCUT2D eigenvalue weighted by atomic mass is 16.5. The highest BCUT2D eigenvalue weighted by molar-refractivity contribution is 5.84. The van der Waals surface area contributed by atoms with Crippen molar-refractivity contribution >= 4 is 11.9 Å². The van der Waals surface area contributed by atoms with Crippen LogP contribution >= 0.6 is 0 Å². The number of amides is 1. The van der Waals surface area contributed by atoms with Crippen molar-refractivity contribution in [3.05, 3.63) is 0 Å². The number of ether oxygens (including phenoxy) is 1. The average Bonchev–Trinajstić information content (AvgIpc) is 2.38. The van der Waals surface area contributed by atoms with Gasteiger partial charge in [0.05, 0.1) is 13.2 Å². The molecule has 5 heteroatoms. The molecule has 19 heavy (non-hydrogen) atoms. The molecule has 3 unspecified atom stereocenters. The first-order valence-corrected chi connectivity index (χ1v) is 7.18. The van der Waals surface area contributed by atoms with Crippen molar-refractivity contribution < 1.29 is 19.4 Å². The van der Waals surface area contributed by atoms with Gasteiger partial charge in [-0.15, -0.1) is 0 Å². The lowest BCUT2D eigenvalue weighted by molar-refractivity contribution is -0.158. The second kappa shape index (κ2) is 6.37. The number of morpholine rings is 1. The van der Waals surface area contributed by atoms with Crippen LogP contribution in [0.4, 0.5) is 0 Å². The van der Waals surface area contributed by atoms with E-state index in [1.807, 2.05) is 0 Å². The molecule has 5 nitrogen and oxygen atoms in total. The van der Waals surface area contributed by atoms with Crippen LogP contribution in [0.3, 0.4) is 0 Å². The van der Waals surface area contributed by atoms with E-state index >= 15 is 0 Å². The minimum Gasteiger partial charge on any atom is -0.480 e. The predicted octanol–water partition coefficient (Wildman–Crippen LogP) is 1.51. The van der Waals surface area contributed by atoms with Crippen molar-refractivity contribution in [3.63, 3.8) is 0 Å². The Labute approximate surface area is 113 Å². The molecule has 0 aromatic heterocycles. The Balaban J connectivity index is 1.92. The van der Waals surface area contributed by atoms with Crippen molar-refractivity contribution in [2.75, 3.05) is 19.8 Å². The lowest BCUT2D eigenvalue weighted by Gasteiger charge is -2.35. The van der Waals surface area contributed by atoms with Crippen LogP contribution in [0, 0.1) is 11.8 Å². The van der Waals surface area contributed by atoms with Crippen molar-refractivity contribution in [2.45, 2.75) is 45.1 Å². The van der Waals surface area contributed by atoms with Crippen LogP contribution in [-0.4, -0.2) is 47.7 Å². The zero-order valence-corrected chi connectivity index (χ0v) is 11.5. The van der Waals surface area contributed by atoms with E-state index in [-0.39, 0.29) is 12.5 Å². The van der Waals surface area contributed by atoms with Gasteiger partial charge in [0, 0.05) is 13.0 Å². The van der Waals surface area contributed by atoms with Crippen LogP contribution in [-0.2, 0) is 14.3 Å². The average molecular weight is 269 g/mol. The molecule has 1 N–H and O–H groups in total. The second-order valence-electron chi connectivity index (χ2n) is 5.86. The number of hydrogen-bond acceptors (Lipinski definition) is 3. The van der Waals surface area contributed by atoms with E-state index in [0.29, 0.717) is 31.4 Å². The van der Waals surface area contributed by atoms with E-state index in [9.17, 15) is 9.59 Å². The van der Waals surface area contributed by atoms with Gasteiger partial charge >= 0.3 is 5.97 Å². The maximum atomic E-state index is 12.3. The zero-order chi connectivity index (χ0) is 13.8. The van der Waals surface area contributed by atoms with Gasteiger partial charge in [-0.25, -0.2) is 4.79 Å². The topological polar surface area (TPSA) is 66.8 Å². The number of carboxylic acids is 1. The van der Waals surface area contributed by atoms with E-state index in [1.165, 1.54) is 17.7 Å². The van der Waals surface area contributed by atoms with Gasteiger partial charge in [-0.3, -0.25) is 4.79 Å². The highest BCUT2D eigenvalue weighted by Gasteiger charge is 2.34. The molecular formula is C14H23NO4. The molecule has 0 aromatic carbocycles. The number of carbonyl (C=O) groups is 2. The van der Waals surface area contributed by atoms with E-state index in [2.05, 4.69) is 6.92 Å². The Morgan fingerprint density at radius 2 is 2.16 bits per heavy atom. The number of nitrogens with zero attached hydrogens (tertiary/aromatic N) is 1. The van der Waals surface area contributed by atoms with Gasteiger partial charge in [-0.05, 0) is 24.7 Å². The van der Waals surface area contributed by atoms with E-state index in [1.54, 1.807) is 0 Å². The van der Waals surface area contributed by atoms with Crippen LogP contribution in [0.15, 0.2) is 0 Å². The highest BCUT2D eigenvalue weighted by Crippen LogP contribution is 2.31. The molecule has 1 heterocycles. The van der Waals surface area contributed by atoms with Crippen molar-refractivity contribution in [1.82, 2.24) is 4.90 Å². The Kier molecular flexibility index (Phi) is 4.80. The lowest BCUT2D eigenvalue weighted by Crippen LogP contribution is -2.53. The maximum Gasteiger partial charge on any atom is 0.328 e. The molecule has 0 aromatic rings. The molecule has 0 spiro atoms. The Morgan fingerprint density at radius 1 is 1.37 bits per heavy atom. The molecule has 0 bridgehead atoms. The number of carbonyl (C=O) groups excluding carboxylic acids is 1. The van der Waals surface area contributed by atoms with E-state index in [0.717, 1.165) is 12.8 Å². The van der Waals surface area contributed by atoms with Gasteiger partial charge in [0.1, 0.15) is 0 Å². The largest absolute Gasteiger partial charge is 0.480 e. The SMILES string of the molecule is CC1CCCC(CC(=O)N2CCOCC2C(=O)O)C1. The van der Waals surface area contributed by atoms with Gasteiger partial charge in [0.15, 0.2) is 6.04 Å². The molecule has 1 amide bonds. The van der Waals surface area contributed by atoms with Crippen LogP contribution < -0.4 is 0 Å². The molecule has 3 atom stereocenters. The fourth-order valence-corrected chi connectivity index (χ4v) is 3.22. The Bertz CT molecular complexity index is 344. The quantitative estimate of drug-likeness (QED) is 0.843. The summed E-state index contributed by atoms with van der Waals surface area (Å²) in [6.07, 6.45) is 5.12. The van der Waals surface area contributed by atoms with Gasteiger partial charge in [-0.2, -0.15) is 0 Å². The summed E-state index contributed by atoms with van der Waals surface area (Å²) in [4.78, 5) is 24.9. The zero-order valence-electron chi connectivity index (χ0n) is 11.5. The summed E-state index contributed by atoms with van der Waals surface area (Å²) >= 11 is 0. The van der Waals surface area contributed by atoms with E-state index < -0.39 is 12.0 Å². The molecule has 1 saturated carbocycles. The number of aliphatic carboxylic acids is 1. The Hall–Kier alpha value is -1.10. The smallest absolute Gasteiger partial charge is 0.328 e. The maximum absolute atomic E-state index is 12.3. The number of carboxylic acid groups (broad SMARTS) is 1. The first kappa shape index (κ1) is 14.3. The number of hydrogen-bond donors (Lipinski definition) is 1. The van der Waals surface area contributed by atoms with Gasteiger partial charge in [0.2, 0.25) is 5.91 Å².